The van der Waals surface area contributed by atoms with Gasteiger partial charge in [-0.2, -0.15) is 5.10 Å². The first-order chi connectivity index (χ1) is 16.3. The molecule has 4 rings (SSSR count). The molecule has 0 bridgehead atoms. The minimum absolute atomic E-state index is 0.243. The number of carbonyl (C=O) groups is 2. The van der Waals surface area contributed by atoms with Crippen molar-refractivity contribution in [3.63, 3.8) is 0 Å². The minimum atomic E-state index is -0.994. The molecule has 0 spiro atoms. The van der Waals surface area contributed by atoms with Crippen molar-refractivity contribution in [2.45, 2.75) is 33.8 Å². The van der Waals surface area contributed by atoms with Gasteiger partial charge in [0, 0.05) is 11.3 Å². The summed E-state index contributed by atoms with van der Waals surface area (Å²) in [7, 11) is 0. The quantitative estimate of drug-likeness (QED) is 0.383. The third kappa shape index (κ3) is 4.91. The molecule has 34 heavy (non-hydrogen) atoms. The van der Waals surface area contributed by atoms with Crippen LogP contribution in [0.5, 0.6) is 0 Å². The van der Waals surface area contributed by atoms with Crippen LogP contribution in [0.25, 0.3) is 16.9 Å². The fraction of sp³-hybridized carbons (Fsp3) is 0.179. The molecule has 1 amide bonds. The zero-order valence-corrected chi connectivity index (χ0v) is 19.7. The van der Waals surface area contributed by atoms with Crippen LogP contribution in [0.3, 0.4) is 0 Å². The second kappa shape index (κ2) is 9.75. The number of nitrogens with zero attached hydrogens (tertiary/aromatic N) is 2. The fourth-order valence-corrected chi connectivity index (χ4v) is 3.92. The summed E-state index contributed by atoms with van der Waals surface area (Å²) in [6, 6.07) is 24.6. The SMILES string of the molecule is Cc1cc(C)c(NC(=O)C(C)OC(=O)c2cc(-c3ccccc3)nn2-c2ccccc2)c(C)c1. The molecule has 1 N–H and O–H groups in total. The maximum atomic E-state index is 13.2. The number of amides is 1. The lowest BCUT2D eigenvalue weighted by Crippen LogP contribution is -2.31. The van der Waals surface area contributed by atoms with E-state index < -0.39 is 18.0 Å². The molecule has 4 aromatic rings. The molecule has 0 fully saturated rings. The second-order valence-electron chi connectivity index (χ2n) is 8.34. The number of anilines is 1. The molecular weight excluding hydrogens is 426 g/mol. The molecule has 1 atom stereocenters. The number of nitrogens with one attached hydrogen (secondary N) is 1. The van der Waals surface area contributed by atoms with Crippen molar-refractivity contribution in [2.24, 2.45) is 0 Å². The van der Waals surface area contributed by atoms with Gasteiger partial charge in [-0.3, -0.25) is 4.79 Å². The highest BCUT2D eigenvalue weighted by atomic mass is 16.5. The van der Waals surface area contributed by atoms with Gasteiger partial charge in [-0.05, 0) is 57.0 Å². The number of benzene rings is 3. The van der Waals surface area contributed by atoms with E-state index in [1.807, 2.05) is 93.6 Å². The molecule has 0 aliphatic carbocycles. The first-order valence-electron chi connectivity index (χ1n) is 11.1. The van der Waals surface area contributed by atoms with E-state index in [4.69, 9.17) is 4.74 Å². The van der Waals surface area contributed by atoms with Crippen molar-refractivity contribution in [2.75, 3.05) is 5.32 Å². The highest BCUT2D eigenvalue weighted by Crippen LogP contribution is 2.24. The van der Waals surface area contributed by atoms with Crippen molar-refractivity contribution in [3.8, 4) is 16.9 Å². The van der Waals surface area contributed by atoms with Crippen LogP contribution in [0, 0.1) is 20.8 Å². The molecular formula is C28H27N3O3. The fourth-order valence-electron chi connectivity index (χ4n) is 3.92. The zero-order valence-electron chi connectivity index (χ0n) is 19.7. The Bertz CT molecular complexity index is 1300. The molecule has 0 radical (unpaired) electrons. The van der Waals surface area contributed by atoms with Crippen molar-refractivity contribution in [3.05, 3.63) is 101 Å². The van der Waals surface area contributed by atoms with Gasteiger partial charge in [-0.15, -0.1) is 0 Å². The molecule has 1 aromatic heterocycles. The van der Waals surface area contributed by atoms with E-state index in [1.165, 1.54) is 0 Å². The first-order valence-corrected chi connectivity index (χ1v) is 11.1. The van der Waals surface area contributed by atoms with Crippen molar-refractivity contribution >= 4 is 17.6 Å². The average Bonchev–Trinajstić information content (AvgIpc) is 3.28. The van der Waals surface area contributed by atoms with Gasteiger partial charge >= 0.3 is 5.97 Å². The van der Waals surface area contributed by atoms with Gasteiger partial charge in [0.05, 0.1) is 11.4 Å². The summed E-state index contributed by atoms with van der Waals surface area (Å²) in [5, 5.41) is 7.54. The van der Waals surface area contributed by atoms with Gasteiger partial charge < -0.3 is 10.1 Å². The van der Waals surface area contributed by atoms with Gasteiger partial charge in [0.15, 0.2) is 11.8 Å². The molecule has 0 aliphatic heterocycles. The third-order valence-corrected chi connectivity index (χ3v) is 5.57. The Balaban J connectivity index is 1.59. The zero-order chi connectivity index (χ0) is 24.2. The summed E-state index contributed by atoms with van der Waals surface area (Å²) in [6.45, 7) is 7.45. The lowest BCUT2D eigenvalue weighted by atomic mass is 10.0. The van der Waals surface area contributed by atoms with E-state index in [0.717, 1.165) is 33.6 Å². The number of ether oxygens (including phenoxy) is 1. The summed E-state index contributed by atoms with van der Waals surface area (Å²) in [5.41, 5.74) is 6.25. The smallest absolute Gasteiger partial charge is 0.357 e. The molecule has 0 aliphatic rings. The largest absolute Gasteiger partial charge is 0.448 e. The van der Waals surface area contributed by atoms with Gasteiger partial charge in [-0.25, -0.2) is 9.48 Å². The van der Waals surface area contributed by atoms with Crippen LogP contribution >= 0.6 is 0 Å². The molecule has 1 heterocycles. The van der Waals surface area contributed by atoms with Crippen LogP contribution in [0.1, 0.15) is 34.1 Å². The Morgan fingerprint density at radius 1 is 0.882 bits per heavy atom. The lowest BCUT2D eigenvalue weighted by Gasteiger charge is -2.17. The van der Waals surface area contributed by atoms with Gasteiger partial charge in [0.25, 0.3) is 5.91 Å². The van der Waals surface area contributed by atoms with Crippen molar-refractivity contribution in [1.29, 1.82) is 0 Å². The Labute approximate surface area is 199 Å². The van der Waals surface area contributed by atoms with E-state index in [0.29, 0.717) is 5.69 Å². The number of aromatic nitrogens is 2. The summed E-state index contributed by atoms with van der Waals surface area (Å²) in [6.07, 6.45) is -0.994. The standard InChI is InChI=1S/C28H27N3O3/c1-18-15-19(2)26(20(3)16-18)29-27(32)21(4)34-28(33)25-17-24(22-11-7-5-8-12-22)30-31(25)23-13-9-6-10-14-23/h5-17,21H,1-4H3,(H,29,32). The summed E-state index contributed by atoms with van der Waals surface area (Å²) >= 11 is 0. The maximum Gasteiger partial charge on any atom is 0.357 e. The first kappa shape index (κ1) is 23.0. The van der Waals surface area contributed by atoms with Crippen LogP contribution in [0.4, 0.5) is 5.69 Å². The molecule has 3 aromatic carbocycles. The van der Waals surface area contributed by atoms with E-state index in [-0.39, 0.29) is 5.69 Å². The van der Waals surface area contributed by atoms with E-state index in [9.17, 15) is 9.59 Å². The molecule has 0 saturated heterocycles. The predicted molar refractivity (Wildman–Crippen MR) is 133 cm³/mol. The summed E-state index contributed by atoms with van der Waals surface area (Å²) in [5.74, 6) is -1.02. The predicted octanol–water partition coefficient (Wildman–Crippen LogP) is 5.65. The van der Waals surface area contributed by atoms with E-state index >= 15 is 0 Å². The highest BCUT2D eigenvalue weighted by Gasteiger charge is 2.24. The Kier molecular flexibility index (Phi) is 6.59. The molecule has 1 unspecified atom stereocenters. The number of hydrogen-bond donors (Lipinski definition) is 1. The number of aryl methyl sites for hydroxylation is 3. The van der Waals surface area contributed by atoms with Gasteiger partial charge in [0.2, 0.25) is 0 Å². The molecule has 0 saturated carbocycles. The number of carbonyl (C=O) groups excluding carboxylic acids is 2. The third-order valence-electron chi connectivity index (χ3n) is 5.57. The monoisotopic (exact) mass is 453 g/mol. The van der Waals surface area contributed by atoms with Crippen LogP contribution in [0.2, 0.25) is 0 Å². The second-order valence-corrected chi connectivity index (χ2v) is 8.34. The topological polar surface area (TPSA) is 73.2 Å². The Morgan fingerprint density at radius 2 is 1.47 bits per heavy atom. The number of esters is 1. The van der Waals surface area contributed by atoms with E-state index in [2.05, 4.69) is 10.4 Å². The normalized spacial score (nSPS) is 11.6. The Morgan fingerprint density at radius 3 is 2.09 bits per heavy atom. The van der Waals surface area contributed by atoms with Crippen LogP contribution in [-0.4, -0.2) is 27.8 Å². The lowest BCUT2D eigenvalue weighted by molar-refractivity contribution is -0.123. The number of rotatable bonds is 6. The minimum Gasteiger partial charge on any atom is -0.448 e. The molecule has 172 valence electrons. The average molecular weight is 454 g/mol. The van der Waals surface area contributed by atoms with Crippen molar-refractivity contribution in [1.82, 2.24) is 9.78 Å². The van der Waals surface area contributed by atoms with Crippen molar-refractivity contribution < 1.29 is 14.3 Å². The van der Waals surface area contributed by atoms with Crippen LogP contribution < -0.4 is 5.32 Å². The Hall–Kier alpha value is -4.19. The van der Waals surface area contributed by atoms with Crippen LogP contribution in [-0.2, 0) is 9.53 Å². The van der Waals surface area contributed by atoms with E-state index in [1.54, 1.807) is 17.7 Å². The maximum absolute atomic E-state index is 13.2. The van der Waals surface area contributed by atoms with Gasteiger partial charge in [0.1, 0.15) is 0 Å². The molecule has 6 heteroatoms. The summed E-state index contributed by atoms with van der Waals surface area (Å²) < 4.78 is 7.12. The number of para-hydroxylation sites is 1. The summed E-state index contributed by atoms with van der Waals surface area (Å²) in [4.78, 5) is 26.0. The van der Waals surface area contributed by atoms with Crippen LogP contribution in [0.15, 0.2) is 78.9 Å². The number of hydrogen-bond acceptors (Lipinski definition) is 4. The van der Waals surface area contributed by atoms with Gasteiger partial charge in [-0.1, -0.05) is 66.2 Å². The molecule has 6 nitrogen and oxygen atoms in total. The highest BCUT2D eigenvalue weighted by molar-refractivity contribution is 5.98.